The van der Waals surface area contributed by atoms with E-state index in [2.05, 4.69) is 32.5 Å². The van der Waals surface area contributed by atoms with Gasteiger partial charge in [-0.25, -0.2) is 4.39 Å². The molecule has 0 aliphatic carbocycles. The molecule has 0 saturated carbocycles. The van der Waals surface area contributed by atoms with Crippen LogP contribution in [0, 0.1) is 11.7 Å². The zero-order valence-corrected chi connectivity index (χ0v) is 19.2. The molecular weight excluding hydrogens is 455 g/mol. The molecule has 5 nitrogen and oxygen atoms in total. The third-order valence-corrected chi connectivity index (χ3v) is 7.49. The topological polar surface area (TPSA) is 58.1 Å². The number of amides is 1. The van der Waals surface area contributed by atoms with Crippen LogP contribution >= 0.6 is 34.7 Å². The van der Waals surface area contributed by atoms with Crippen molar-refractivity contribution in [1.29, 1.82) is 0 Å². The molecule has 31 heavy (non-hydrogen) atoms. The second-order valence-electron chi connectivity index (χ2n) is 7.42. The lowest BCUT2D eigenvalue weighted by Gasteiger charge is -2.31. The molecule has 3 aromatic rings. The lowest BCUT2D eigenvalue weighted by molar-refractivity contribution is -0.121. The van der Waals surface area contributed by atoms with E-state index in [1.54, 1.807) is 23.9 Å². The highest BCUT2D eigenvalue weighted by Gasteiger charge is 2.26. The summed E-state index contributed by atoms with van der Waals surface area (Å²) in [6.45, 7) is 2.01. The highest BCUT2D eigenvalue weighted by atomic mass is 35.5. The van der Waals surface area contributed by atoms with Gasteiger partial charge in [0.25, 0.3) is 0 Å². The zero-order chi connectivity index (χ0) is 21.6. The van der Waals surface area contributed by atoms with Gasteiger partial charge >= 0.3 is 0 Å². The molecule has 162 valence electrons. The summed E-state index contributed by atoms with van der Waals surface area (Å²) in [6, 6.07) is 14.9. The molecule has 4 rings (SSSR count). The Balaban J connectivity index is 1.23. The summed E-state index contributed by atoms with van der Waals surface area (Å²) in [6.07, 6.45) is 1.46. The normalized spacial score (nSPS) is 15.2. The molecule has 0 spiro atoms. The van der Waals surface area contributed by atoms with Crippen LogP contribution < -0.4 is 5.32 Å². The third kappa shape index (κ3) is 6.26. The molecule has 1 amide bonds. The van der Waals surface area contributed by atoms with E-state index in [9.17, 15) is 9.18 Å². The third-order valence-electron chi connectivity index (χ3n) is 5.21. The van der Waals surface area contributed by atoms with E-state index in [0.29, 0.717) is 22.3 Å². The van der Waals surface area contributed by atoms with Gasteiger partial charge in [0.05, 0.1) is 0 Å². The van der Waals surface area contributed by atoms with Gasteiger partial charge in [-0.05, 0) is 43.6 Å². The highest BCUT2D eigenvalue weighted by Crippen LogP contribution is 2.29. The number of benzene rings is 2. The van der Waals surface area contributed by atoms with Crippen molar-refractivity contribution in [3.05, 3.63) is 70.5 Å². The highest BCUT2D eigenvalue weighted by molar-refractivity contribution is 8.00. The van der Waals surface area contributed by atoms with Crippen LogP contribution in [-0.4, -0.2) is 34.1 Å². The summed E-state index contributed by atoms with van der Waals surface area (Å²) in [5, 5.41) is 12.1. The SMILES string of the molecule is O=C(Nc1nnc(SCc2ccccc2)s1)C1CCN(Cc2ccc(Cl)cc2F)CC1. The van der Waals surface area contributed by atoms with Crippen molar-refractivity contribution in [2.24, 2.45) is 5.92 Å². The van der Waals surface area contributed by atoms with Crippen molar-refractivity contribution in [1.82, 2.24) is 15.1 Å². The number of nitrogens with zero attached hydrogens (tertiary/aromatic N) is 3. The maximum Gasteiger partial charge on any atom is 0.229 e. The summed E-state index contributed by atoms with van der Waals surface area (Å²) in [4.78, 5) is 14.8. The summed E-state index contributed by atoms with van der Waals surface area (Å²) >= 11 is 8.82. The monoisotopic (exact) mass is 476 g/mol. The van der Waals surface area contributed by atoms with Crippen molar-refractivity contribution >= 4 is 45.7 Å². The lowest BCUT2D eigenvalue weighted by Crippen LogP contribution is -2.37. The number of carbonyl (C=O) groups is 1. The Morgan fingerprint density at radius 3 is 2.71 bits per heavy atom. The molecule has 1 N–H and O–H groups in total. The second kappa shape index (κ2) is 10.5. The summed E-state index contributed by atoms with van der Waals surface area (Å²) in [7, 11) is 0. The molecule has 0 atom stereocenters. The molecule has 0 radical (unpaired) electrons. The van der Waals surface area contributed by atoms with E-state index in [0.717, 1.165) is 36.0 Å². The van der Waals surface area contributed by atoms with Gasteiger partial charge < -0.3 is 5.32 Å². The van der Waals surface area contributed by atoms with Crippen molar-refractivity contribution in [3.8, 4) is 0 Å². The van der Waals surface area contributed by atoms with Crippen LogP contribution in [0.5, 0.6) is 0 Å². The fourth-order valence-electron chi connectivity index (χ4n) is 3.49. The van der Waals surface area contributed by atoms with Gasteiger partial charge in [-0.2, -0.15) is 0 Å². The van der Waals surface area contributed by atoms with E-state index < -0.39 is 0 Å². The first kappa shape index (κ1) is 22.2. The molecule has 1 aliphatic rings. The number of thioether (sulfide) groups is 1. The zero-order valence-electron chi connectivity index (χ0n) is 16.8. The first-order chi connectivity index (χ1) is 15.1. The minimum atomic E-state index is -0.287. The molecule has 0 unspecified atom stereocenters. The number of halogens is 2. The number of rotatable bonds is 7. The summed E-state index contributed by atoms with van der Waals surface area (Å²) in [5.41, 5.74) is 1.85. The van der Waals surface area contributed by atoms with Crippen LogP contribution in [0.3, 0.4) is 0 Å². The van der Waals surface area contributed by atoms with Crippen molar-refractivity contribution < 1.29 is 9.18 Å². The fourth-order valence-corrected chi connectivity index (χ4v) is 5.36. The number of anilines is 1. The van der Waals surface area contributed by atoms with E-state index in [4.69, 9.17) is 11.6 Å². The Kier molecular flexibility index (Phi) is 7.55. The molecule has 1 saturated heterocycles. The molecule has 9 heteroatoms. The minimum absolute atomic E-state index is 0.0203. The van der Waals surface area contributed by atoms with Crippen LogP contribution in [0.25, 0.3) is 0 Å². The number of hydrogen-bond acceptors (Lipinski definition) is 6. The number of hydrogen-bond donors (Lipinski definition) is 1. The average molecular weight is 477 g/mol. The number of nitrogens with one attached hydrogen (secondary N) is 1. The van der Waals surface area contributed by atoms with Gasteiger partial charge in [-0.3, -0.25) is 9.69 Å². The number of likely N-dealkylation sites (tertiary alicyclic amines) is 1. The maximum absolute atomic E-state index is 14.0. The van der Waals surface area contributed by atoms with Crippen LogP contribution in [0.15, 0.2) is 52.9 Å². The van der Waals surface area contributed by atoms with Gasteiger partial charge in [0, 0.05) is 28.8 Å². The van der Waals surface area contributed by atoms with Crippen LogP contribution in [0.1, 0.15) is 24.0 Å². The van der Waals surface area contributed by atoms with Crippen molar-refractivity contribution in [3.63, 3.8) is 0 Å². The molecule has 2 aromatic carbocycles. The van der Waals surface area contributed by atoms with E-state index in [1.807, 2.05) is 18.2 Å². The van der Waals surface area contributed by atoms with Crippen LogP contribution in [0.4, 0.5) is 9.52 Å². The Labute approximate surface area is 194 Å². The maximum atomic E-state index is 14.0. The van der Waals surface area contributed by atoms with Gasteiger partial charge in [0.1, 0.15) is 5.82 Å². The Morgan fingerprint density at radius 2 is 1.97 bits per heavy atom. The lowest BCUT2D eigenvalue weighted by atomic mass is 9.95. The first-order valence-electron chi connectivity index (χ1n) is 10.0. The van der Waals surface area contributed by atoms with Gasteiger partial charge in [-0.1, -0.05) is 71.1 Å². The number of piperidine rings is 1. The fraction of sp³-hybridized carbons (Fsp3) is 0.318. The van der Waals surface area contributed by atoms with E-state index in [1.165, 1.54) is 23.0 Å². The molecular formula is C22H22ClFN4OS2. The molecule has 1 aromatic heterocycles. The van der Waals surface area contributed by atoms with Gasteiger partial charge in [0.2, 0.25) is 11.0 Å². The molecule has 0 bridgehead atoms. The molecule has 1 fully saturated rings. The average Bonchev–Trinajstić information content (AvgIpc) is 3.23. The Morgan fingerprint density at radius 1 is 1.19 bits per heavy atom. The largest absolute Gasteiger partial charge is 0.300 e. The van der Waals surface area contributed by atoms with Gasteiger partial charge in [0.15, 0.2) is 4.34 Å². The Bertz CT molecular complexity index is 1030. The van der Waals surface area contributed by atoms with E-state index >= 15 is 0 Å². The quantitative estimate of drug-likeness (QED) is 0.361. The predicted octanol–water partition coefficient (Wildman–Crippen LogP) is 5.47. The summed E-state index contributed by atoms with van der Waals surface area (Å²) < 4.78 is 14.8. The molecule has 1 aliphatic heterocycles. The Hall–Kier alpha value is -2.00. The summed E-state index contributed by atoms with van der Waals surface area (Å²) in [5.74, 6) is 0.434. The number of carbonyl (C=O) groups excluding carboxylic acids is 1. The second-order valence-corrected chi connectivity index (χ2v) is 10.1. The van der Waals surface area contributed by atoms with Crippen LogP contribution in [-0.2, 0) is 17.1 Å². The van der Waals surface area contributed by atoms with Crippen LogP contribution in [0.2, 0.25) is 5.02 Å². The number of aromatic nitrogens is 2. The smallest absolute Gasteiger partial charge is 0.229 e. The predicted molar refractivity (Wildman–Crippen MR) is 124 cm³/mol. The van der Waals surface area contributed by atoms with Gasteiger partial charge in [-0.15, -0.1) is 10.2 Å². The minimum Gasteiger partial charge on any atom is -0.300 e. The van der Waals surface area contributed by atoms with E-state index in [-0.39, 0.29) is 17.6 Å². The van der Waals surface area contributed by atoms with Crippen molar-refractivity contribution in [2.75, 3.05) is 18.4 Å². The standard InChI is InChI=1S/C22H22ClFN4OS2/c23-18-7-6-17(19(24)12-18)13-28-10-8-16(9-11-28)20(29)25-21-26-27-22(31-21)30-14-15-4-2-1-3-5-15/h1-7,12,16H,8-11,13-14H2,(H,25,26,29). The van der Waals surface area contributed by atoms with Crippen molar-refractivity contribution in [2.45, 2.75) is 29.5 Å². The molecule has 2 heterocycles. The first-order valence-corrected chi connectivity index (χ1v) is 12.2.